The lowest BCUT2D eigenvalue weighted by Crippen LogP contribution is -2.29. The van der Waals surface area contributed by atoms with Gasteiger partial charge in [0, 0.05) is 5.69 Å². The Morgan fingerprint density at radius 3 is 2.24 bits per heavy atom. The fraction of sp³-hybridized carbons (Fsp3) is 0.300. The molecule has 0 aliphatic heterocycles. The predicted molar refractivity (Wildman–Crippen MR) is 96.5 cm³/mol. The summed E-state index contributed by atoms with van der Waals surface area (Å²) in [4.78, 5) is 24.5. The first-order valence-corrected chi connectivity index (χ1v) is 8.09. The molecule has 1 unspecified atom stereocenters. The SMILES string of the molecule is COc1cc(C)c(NC(=O)C(C)C(=O)OCc2ccccc2)c(C)c1. The van der Waals surface area contributed by atoms with Gasteiger partial charge in [-0.1, -0.05) is 30.3 Å². The Morgan fingerprint density at radius 1 is 1.08 bits per heavy atom. The summed E-state index contributed by atoms with van der Waals surface area (Å²) in [6, 6.07) is 13.0. The maximum atomic E-state index is 12.4. The van der Waals surface area contributed by atoms with Crippen molar-refractivity contribution in [2.75, 3.05) is 12.4 Å². The number of aryl methyl sites for hydroxylation is 2. The number of hydrogen-bond acceptors (Lipinski definition) is 4. The molecule has 2 aromatic rings. The Kier molecular flexibility index (Phi) is 6.17. The van der Waals surface area contributed by atoms with Crippen LogP contribution in [0.4, 0.5) is 5.69 Å². The van der Waals surface area contributed by atoms with Crippen LogP contribution in [0.15, 0.2) is 42.5 Å². The molecular weight excluding hydrogens is 318 g/mol. The average Bonchev–Trinajstić information content (AvgIpc) is 2.62. The fourth-order valence-electron chi connectivity index (χ4n) is 2.43. The quantitative estimate of drug-likeness (QED) is 0.644. The summed E-state index contributed by atoms with van der Waals surface area (Å²) in [7, 11) is 1.59. The molecule has 0 radical (unpaired) electrons. The van der Waals surface area contributed by atoms with Crippen molar-refractivity contribution >= 4 is 17.6 Å². The van der Waals surface area contributed by atoms with E-state index in [0.717, 1.165) is 22.4 Å². The van der Waals surface area contributed by atoms with Gasteiger partial charge in [0.05, 0.1) is 7.11 Å². The summed E-state index contributed by atoms with van der Waals surface area (Å²) in [6.07, 6.45) is 0. The van der Waals surface area contributed by atoms with Crippen LogP contribution in [0.3, 0.4) is 0 Å². The Bertz CT molecular complexity index is 733. The lowest BCUT2D eigenvalue weighted by molar-refractivity contribution is -0.151. The molecule has 0 aliphatic rings. The monoisotopic (exact) mass is 341 g/mol. The molecule has 2 rings (SSSR count). The van der Waals surface area contributed by atoms with Crippen LogP contribution in [0.1, 0.15) is 23.6 Å². The molecule has 0 fully saturated rings. The molecule has 0 aromatic heterocycles. The topological polar surface area (TPSA) is 64.6 Å². The van der Waals surface area contributed by atoms with E-state index in [4.69, 9.17) is 9.47 Å². The van der Waals surface area contributed by atoms with Gasteiger partial charge in [-0.25, -0.2) is 0 Å². The zero-order chi connectivity index (χ0) is 18.4. The first-order chi connectivity index (χ1) is 11.9. The number of carbonyl (C=O) groups is 2. The van der Waals surface area contributed by atoms with Gasteiger partial charge < -0.3 is 14.8 Å². The number of nitrogens with one attached hydrogen (secondary N) is 1. The van der Waals surface area contributed by atoms with E-state index in [2.05, 4.69) is 5.32 Å². The summed E-state index contributed by atoms with van der Waals surface area (Å²) in [5, 5.41) is 2.81. The number of esters is 1. The summed E-state index contributed by atoms with van der Waals surface area (Å²) >= 11 is 0. The van der Waals surface area contributed by atoms with E-state index in [9.17, 15) is 9.59 Å². The molecular formula is C20H23NO4. The third kappa shape index (κ3) is 4.83. The van der Waals surface area contributed by atoms with Crippen molar-refractivity contribution in [3.63, 3.8) is 0 Å². The van der Waals surface area contributed by atoms with Crippen molar-refractivity contribution in [3.8, 4) is 5.75 Å². The van der Waals surface area contributed by atoms with E-state index < -0.39 is 17.8 Å². The van der Waals surface area contributed by atoms with Gasteiger partial charge in [0.2, 0.25) is 5.91 Å². The molecule has 0 saturated heterocycles. The van der Waals surface area contributed by atoms with Crippen LogP contribution in [-0.4, -0.2) is 19.0 Å². The summed E-state index contributed by atoms with van der Waals surface area (Å²) in [5.74, 6) is -1.12. The highest BCUT2D eigenvalue weighted by Crippen LogP contribution is 2.26. The minimum absolute atomic E-state index is 0.151. The second kappa shape index (κ2) is 8.33. The molecule has 0 heterocycles. The maximum absolute atomic E-state index is 12.4. The minimum Gasteiger partial charge on any atom is -0.497 e. The molecule has 0 aliphatic carbocycles. The number of benzene rings is 2. The molecule has 25 heavy (non-hydrogen) atoms. The van der Waals surface area contributed by atoms with Gasteiger partial charge in [0.1, 0.15) is 18.3 Å². The molecule has 1 atom stereocenters. The Hall–Kier alpha value is -2.82. The first-order valence-electron chi connectivity index (χ1n) is 8.09. The number of methoxy groups -OCH3 is 1. The predicted octanol–water partition coefficient (Wildman–Crippen LogP) is 3.63. The van der Waals surface area contributed by atoms with Crippen LogP contribution in [0.25, 0.3) is 0 Å². The van der Waals surface area contributed by atoms with Crippen LogP contribution in [0.5, 0.6) is 5.75 Å². The van der Waals surface area contributed by atoms with Gasteiger partial charge in [0.15, 0.2) is 0 Å². The van der Waals surface area contributed by atoms with Gasteiger partial charge in [-0.05, 0) is 49.6 Å². The maximum Gasteiger partial charge on any atom is 0.318 e. The van der Waals surface area contributed by atoms with Crippen molar-refractivity contribution in [2.45, 2.75) is 27.4 Å². The molecule has 0 spiro atoms. The van der Waals surface area contributed by atoms with Gasteiger partial charge in [0.25, 0.3) is 0 Å². The zero-order valence-electron chi connectivity index (χ0n) is 15.0. The van der Waals surface area contributed by atoms with Crippen molar-refractivity contribution in [1.29, 1.82) is 0 Å². The number of carbonyl (C=O) groups excluding carboxylic acids is 2. The van der Waals surface area contributed by atoms with Crippen LogP contribution < -0.4 is 10.1 Å². The van der Waals surface area contributed by atoms with E-state index in [1.54, 1.807) is 7.11 Å². The third-order valence-corrected chi connectivity index (χ3v) is 3.96. The van der Waals surface area contributed by atoms with Crippen LogP contribution in [0.2, 0.25) is 0 Å². The number of rotatable bonds is 6. The van der Waals surface area contributed by atoms with E-state index >= 15 is 0 Å². The number of amides is 1. The first kappa shape index (κ1) is 18.5. The molecule has 5 nitrogen and oxygen atoms in total. The van der Waals surface area contributed by atoms with Crippen molar-refractivity contribution < 1.29 is 19.1 Å². The van der Waals surface area contributed by atoms with Gasteiger partial charge >= 0.3 is 5.97 Å². The zero-order valence-corrected chi connectivity index (χ0v) is 15.0. The van der Waals surface area contributed by atoms with Crippen LogP contribution in [-0.2, 0) is 20.9 Å². The standard InChI is InChI=1S/C20H23NO4/c1-13-10-17(24-4)11-14(2)18(13)21-19(22)15(3)20(23)25-12-16-8-6-5-7-9-16/h5-11,15H,12H2,1-4H3,(H,21,22). The fourth-order valence-corrected chi connectivity index (χ4v) is 2.43. The van der Waals surface area contributed by atoms with Crippen LogP contribution >= 0.6 is 0 Å². The second-order valence-electron chi connectivity index (χ2n) is 5.94. The van der Waals surface area contributed by atoms with E-state index in [-0.39, 0.29) is 6.61 Å². The lowest BCUT2D eigenvalue weighted by Gasteiger charge is -2.16. The highest BCUT2D eigenvalue weighted by atomic mass is 16.5. The highest BCUT2D eigenvalue weighted by molar-refractivity contribution is 6.05. The average molecular weight is 341 g/mol. The molecule has 2 aromatic carbocycles. The molecule has 1 N–H and O–H groups in total. The smallest absolute Gasteiger partial charge is 0.318 e. The second-order valence-corrected chi connectivity index (χ2v) is 5.94. The summed E-state index contributed by atoms with van der Waals surface area (Å²) in [6.45, 7) is 5.45. The Morgan fingerprint density at radius 2 is 1.68 bits per heavy atom. The Balaban J connectivity index is 1.99. The summed E-state index contributed by atoms with van der Waals surface area (Å²) in [5.41, 5.74) is 3.31. The van der Waals surface area contributed by atoms with E-state index in [0.29, 0.717) is 5.69 Å². The minimum atomic E-state index is -0.899. The van der Waals surface area contributed by atoms with Crippen LogP contribution in [0, 0.1) is 19.8 Å². The van der Waals surface area contributed by atoms with Gasteiger partial charge in [-0.15, -0.1) is 0 Å². The molecule has 0 saturated carbocycles. The van der Waals surface area contributed by atoms with E-state index in [1.165, 1.54) is 6.92 Å². The van der Waals surface area contributed by atoms with Crippen molar-refractivity contribution in [2.24, 2.45) is 5.92 Å². The normalized spacial score (nSPS) is 11.5. The molecule has 132 valence electrons. The summed E-state index contributed by atoms with van der Waals surface area (Å²) < 4.78 is 10.4. The highest BCUT2D eigenvalue weighted by Gasteiger charge is 2.24. The Labute approximate surface area is 148 Å². The number of hydrogen-bond donors (Lipinski definition) is 1. The number of ether oxygens (including phenoxy) is 2. The van der Waals surface area contributed by atoms with Crippen molar-refractivity contribution in [3.05, 3.63) is 59.2 Å². The lowest BCUT2D eigenvalue weighted by atomic mass is 10.1. The van der Waals surface area contributed by atoms with E-state index in [1.807, 2.05) is 56.3 Å². The molecule has 5 heteroatoms. The number of anilines is 1. The van der Waals surface area contributed by atoms with Gasteiger partial charge in [-0.2, -0.15) is 0 Å². The van der Waals surface area contributed by atoms with Crippen molar-refractivity contribution in [1.82, 2.24) is 0 Å². The third-order valence-electron chi connectivity index (χ3n) is 3.96. The largest absolute Gasteiger partial charge is 0.497 e. The molecule has 1 amide bonds. The molecule has 0 bridgehead atoms. The van der Waals surface area contributed by atoms with Gasteiger partial charge in [-0.3, -0.25) is 9.59 Å².